The number of aromatic nitrogens is 2. The van der Waals surface area contributed by atoms with Crippen LogP contribution in [0, 0.1) is 0 Å². The summed E-state index contributed by atoms with van der Waals surface area (Å²) in [5, 5.41) is 43.8. The van der Waals surface area contributed by atoms with Crippen molar-refractivity contribution < 1.29 is 34.8 Å². The molecule has 0 spiro atoms. The molecule has 5 atom stereocenters. The Morgan fingerprint density at radius 3 is 2.33 bits per heavy atom. The lowest BCUT2D eigenvalue weighted by atomic mass is 9.98. The number of rotatable bonds is 4. The average Bonchev–Trinajstić information content (AvgIpc) is 3.03. The van der Waals surface area contributed by atoms with Crippen molar-refractivity contribution in [3.05, 3.63) is 17.7 Å². The Bertz CT molecular complexity index is 617. The molecule has 1 saturated heterocycles. The van der Waals surface area contributed by atoms with Crippen LogP contribution in [-0.4, -0.2) is 86.9 Å². The molecule has 11 heteroatoms. The average molecular weight is 344 g/mol. The lowest BCUT2D eigenvalue weighted by Crippen LogP contribution is -2.56. The van der Waals surface area contributed by atoms with Gasteiger partial charge in [-0.2, -0.15) is 0 Å². The van der Waals surface area contributed by atoms with Crippen LogP contribution in [0.3, 0.4) is 0 Å². The minimum atomic E-state index is -1.62. The van der Waals surface area contributed by atoms with Crippen LogP contribution in [0.25, 0.3) is 0 Å². The van der Waals surface area contributed by atoms with Crippen LogP contribution in [0.2, 0.25) is 0 Å². The number of hydrogen-bond acceptors (Lipinski definition) is 8. The quantitative estimate of drug-likeness (QED) is 0.328. The number of aliphatic hydroxyl groups is 4. The van der Waals surface area contributed by atoms with Crippen molar-refractivity contribution in [1.82, 2.24) is 20.2 Å². The summed E-state index contributed by atoms with van der Waals surface area (Å²) in [6, 6.07) is 0. The van der Waals surface area contributed by atoms with Gasteiger partial charge < -0.3 is 35.8 Å². The Labute approximate surface area is 136 Å². The molecule has 24 heavy (non-hydrogen) atoms. The summed E-state index contributed by atoms with van der Waals surface area (Å²) < 4.78 is 6.46. The molecule has 0 bridgehead atoms. The number of amides is 2. The zero-order chi connectivity index (χ0) is 18.0. The molecule has 0 radical (unpaired) electrons. The Hall–Kier alpha value is -2.05. The fourth-order valence-corrected chi connectivity index (χ4v) is 2.49. The van der Waals surface area contributed by atoms with Crippen molar-refractivity contribution in [3.8, 4) is 0 Å². The van der Waals surface area contributed by atoms with E-state index >= 15 is 0 Å². The summed E-state index contributed by atoms with van der Waals surface area (Å²) in [4.78, 5) is 27.9. The molecule has 1 aliphatic heterocycles. The second kappa shape index (κ2) is 7.23. The maximum Gasteiger partial charge on any atom is 0.272 e. The standard InChI is InChI=1S/C13H20N4O7/c1-14-11(22)6-7(12(23)15-2)17(4-16-6)13-10(21)9(20)8(19)5(3-18)24-13/h4-5,8-10,13,18-21H,3H2,1-2H3,(H,14,22)(H,15,23)/t5-,8+,9+,10+,13-/m0/s1. The Morgan fingerprint density at radius 1 is 1.17 bits per heavy atom. The summed E-state index contributed by atoms with van der Waals surface area (Å²) in [7, 11) is 2.71. The van der Waals surface area contributed by atoms with Crippen molar-refractivity contribution in [3.63, 3.8) is 0 Å². The van der Waals surface area contributed by atoms with Gasteiger partial charge in [0, 0.05) is 14.1 Å². The van der Waals surface area contributed by atoms with Crippen LogP contribution in [0.4, 0.5) is 0 Å². The highest BCUT2D eigenvalue weighted by Gasteiger charge is 2.45. The maximum absolute atomic E-state index is 12.1. The number of carbonyl (C=O) groups is 2. The van der Waals surface area contributed by atoms with Gasteiger partial charge in [-0.15, -0.1) is 0 Å². The Kier molecular flexibility index (Phi) is 5.51. The monoisotopic (exact) mass is 344 g/mol. The van der Waals surface area contributed by atoms with E-state index in [1.807, 2.05) is 0 Å². The van der Waals surface area contributed by atoms with E-state index in [0.717, 1.165) is 10.9 Å². The molecular weight excluding hydrogens is 324 g/mol. The fourth-order valence-electron chi connectivity index (χ4n) is 2.49. The van der Waals surface area contributed by atoms with E-state index in [0.29, 0.717) is 0 Å². The van der Waals surface area contributed by atoms with Gasteiger partial charge in [0.15, 0.2) is 11.9 Å². The lowest BCUT2D eigenvalue weighted by Gasteiger charge is -2.40. The van der Waals surface area contributed by atoms with Crippen molar-refractivity contribution in [1.29, 1.82) is 0 Å². The summed E-state index contributed by atoms with van der Waals surface area (Å²) in [5.41, 5.74) is -0.394. The molecular formula is C13H20N4O7. The molecule has 1 aliphatic rings. The number of imidazole rings is 1. The maximum atomic E-state index is 12.1. The van der Waals surface area contributed by atoms with Crippen LogP contribution in [-0.2, 0) is 4.74 Å². The van der Waals surface area contributed by atoms with Crippen molar-refractivity contribution in [2.24, 2.45) is 0 Å². The topological polar surface area (TPSA) is 166 Å². The summed E-state index contributed by atoms with van der Waals surface area (Å²) >= 11 is 0. The van der Waals surface area contributed by atoms with E-state index in [4.69, 9.17) is 4.74 Å². The minimum Gasteiger partial charge on any atom is -0.394 e. The number of nitrogens with one attached hydrogen (secondary N) is 2. The summed E-state index contributed by atoms with van der Waals surface area (Å²) in [5.74, 6) is -1.29. The molecule has 11 nitrogen and oxygen atoms in total. The predicted molar refractivity (Wildman–Crippen MR) is 78.0 cm³/mol. The molecule has 6 N–H and O–H groups in total. The number of aliphatic hydroxyl groups excluding tert-OH is 4. The first-order valence-corrected chi connectivity index (χ1v) is 7.18. The number of carbonyl (C=O) groups excluding carboxylic acids is 2. The van der Waals surface area contributed by atoms with Crippen molar-refractivity contribution in [2.45, 2.75) is 30.6 Å². The minimum absolute atomic E-state index is 0.193. The molecule has 0 aromatic carbocycles. The molecule has 1 fully saturated rings. The molecule has 1 aromatic rings. The van der Waals surface area contributed by atoms with Gasteiger partial charge in [-0.3, -0.25) is 14.2 Å². The highest BCUT2D eigenvalue weighted by atomic mass is 16.6. The van der Waals surface area contributed by atoms with E-state index in [1.54, 1.807) is 0 Å². The Balaban J connectivity index is 2.49. The van der Waals surface area contributed by atoms with Crippen LogP contribution in [0.15, 0.2) is 6.33 Å². The van der Waals surface area contributed by atoms with Gasteiger partial charge >= 0.3 is 0 Å². The van der Waals surface area contributed by atoms with Gasteiger partial charge in [0.2, 0.25) is 0 Å². The van der Waals surface area contributed by atoms with Crippen LogP contribution < -0.4 is 10.6 Å². The van der Waals surface area contributed by atoms with Crippen LogP contribution in [0.1, 0.15) is 27.2 Å². The third kappa shape index (κ3) is 2.99. The van der Waals surface area contributed by atoms with Gasteiger partial charge in [0.25, 0.3) is 11.8 Å². The highest BCUT2D eigenvalue weighted by molar-refractivity contribution is 6.04. The SMILES string of the molecule is CNC(=O)c1ncn([C@H]2O[C@@H](CO)[C@@H](O)[C@@H](O)[C@H]2O)c1C(=O)NC. The van der Waals surface area contributed by atoms with E-state index < -0.39 is 49.1 Å². The number of hydrogen-bond donors (Lipinski definition) is 6. The first kappa shape index (κ1) is 18.3. The van der Waals surface area contributed by atoms with Crippen molar-refractivity contribution in [2.75, 3.05) is 20.7 Å². The molecule has 1 aromatic heterocycles. The molecule has 2 heterocycles. The zero-order valence-electron chi connectivity index (χ0n) is 13.1. The molecule has 2 rings (SSSR count). The van der Waals surface area contributed by atoms with Crippen molar-refractivity contribution >= 4 is 11.8 Å². The van der Waals surface area contributed by atoms with Gasteiger partial charge in [0.05, 0.1) is 12.9 Å². The Morgan fingerprint density at radius 2 is 1.79 bits per heavy atom. The second-order valence-corrected chi connectivity index (χ2v) is 5.23. The van der Waals surface area contributed by atoms with E-state index in [1.165, 1.54) is 14.1 Å². The van der Waals surface area contributed by atoms with E-state index in [9.17, 15) is 30.0 Å². The smallest absolute Gasteiger partial charge is 0.272 e. The normalized spacial score (nSPS) is 30.0. The van der Waals surface area contributed by atoms with Gasteiger partial charge in [0.1, 0.15) is 30.1 Å². The molecule has 0 aliphatic carbocycles. The molecule has 0 unspecified atom stereocenters. The third-order valence-electron chi connectivity index (χ3n) is 3.82. The summed E-state index contributed by atoms with van der Waals surface area (Å²) in [6.07, 6.45) is -6.16. The van der Waals surface area contributed by atoms with E-state index in [2.05, 4.69) is 15.6 Å². The first-order chi connectivity index (χ1) is 11.4. The van der Waals surface area contributed by atoms with Gasteiger partial charge in [-0.25, -0.2) is 4.98 Å². The number of nitrogens with zero attached hydrogens (tertiary/aromatic N) is 2. The van der Waals surface area contributed by atoms with Gasteiger partial charge in [-0.05, 0) is 0 Å². The second-order valence-electron chi connectivity index (χ2n) is 5.23. The molecule has 2 amide bonds. The first-order valence-electron chi connectivity index (χ1n) is 7.18. The lowest BCUT2D eigenvalue weighted by molar-refractivity contribution is -0.251. The third-order valence-corrected chi connectivity index (χ3v) is 3.82. The summed E-state index contributed by atoms with van der Waals surface area (Å²) in [6.45, 7) is -0.617. The van der Waals surface area contributed by atoms with Crippen LogP contribution >= 0.6 is 0 Å². The van der Waals surface area contributed by atoms with Gasteiger partial charge in [-0.1, -0.05) is 0 Å². The zero-order valence-corrected chi connectivity index (χ0v) is 13.1. The fraction of sp³-hybridized carbons (Fsp3) is 0.615. The predicted octanol–water partition coefficient (Wildman–Crippen LogP) is -3.43. The molecule has 134 valence electrons. The van der Waals surface area contributed by atoms with Crippen LogP contribution in [0.5, 0.6) is 0 Å². The van der Waals surface area contributed by atoms with E-state index in [-0.39, 0.29) is 11.4 Å². The highest BCUT2D eigenvalue weighted by Crippen LogP contribution is 2.30. The number of ether oxygens (including phenoxy) is 1. The molecule has 0 saturated carbocycles. The largest absolute Gasteiger partial charge is 0.394 e.